The molecule has 4 nitrogen and oxygen atoms in total. The fourth-order valence-electron chi connectivity index (χ4n) is 7.61. The molecule has 0 radical (unpaired) electrons. The minimum Gasteiger partial charge on any atom is -0.498 e. The van der Waals surface area contributed by atoms with Crippen molar-refractivity contribution in [2.24, 2.45) is 23.2 Å². The quantitative estimate of drug-likeness (QED) is 0.250. The van der Waals surface area contributed by atoms with Crippen molar-refractivity contribution in [2.75, 3.05) is 0 Å². The van der Waals surface area contributed by atoms with E-state index in [1.165, 1.54) is 11.1 Å². The third kappa shape index (κ3) is 4.44. The van der Waals surface area contributed by atoms with Gasteiger partial charge in [-0.25, -0.2) is 4.79 Å². The van der Waals surface area contributed by atoms with Gasteiger partial charge in [-0.1, -0.05) is 37.8 Å². The first-order chi connectivity index (χ1) is 16.9. The number of hydrogen-bond acceptors (Lipinski definition) is 4. The highest BCUT2D eigenvalue weighted by molar-refractivity contribution is 5.91. The van der Waals surface area contributed by atoms with E-state index in [1.807, 2.05) is 24.3 Å². The number of esters is 1. The van der Waals surface area contributed by atoms with E-state index in [0.29, 0.717) is 41.4 Å². The van der Waals surface area contributed by atoms with E-state index in [0.717, 1.165) is 38.5 Å². The molecule has 5 rings (SSSR count). The van der Waals surface area contributed by atoms with Crippen LogP contribution in [0.3, 0.4) is 0 Å². The highest BCUT2D eigenvalue weighted by Crippen LogP contribution is 2.64. The second-order valence-electron chi connectivity index (χ2n) is 11.0. The maximum atomic E-state index is 12.5. The Morgan fingerprint density at radius 2 is 1.94 bits per heavy atom. The summed E-state index contributed by atoms with van der Waals surface area (Å²) in [7, 11) is 0. The fourth-order valence-corrected chi connectivity index (χ4v) is 7.61. The average molecular weight is 473 g/mol. The largest absolute Gasteiger partial charge is 0.498 e. The van der Waals surface area contributed by atoms with Crippen LogP contribution in [0.2, 0.25) is 0 Å². The van der Waals surface area contributed by atoms with Crippen LogP contribution in [0.15, 0.2) is 61.4 Å². The van der Waals surface area contributed by atoms with Crippen molar-refractivity contribution in [1.82, 2.24) is 0 Å². The number of rotatable bonds is 7. The number of aryl methyl sites for hydroxylation is 1. The monoisotopic (exact) mass is 472 g/mol. The van der Waals surface area contributed by atoms with Crippen molar-refractivity contribution in [1.29, 1.82) is 0 Å². The molecule has 0 aliphatic heterocycles. The van der Waals surface area contributed by atoms with Gasteiger partial charge in [0.05, 0.1) is 11.8 Å². The summed E-state index contributed by atoms with van der Waals surface area (Å²) in [5.74, 6) is 2.74. The topological polar surface area (TPSA) is 52.6 Å². The van der Waals surface area contributed by atoms with Crippen LogP contribution in [-0.2, 0) is 16.0 Å². The van der Waals surface area contributed by atoms with Crippen LogP contribution in [0.25, 0.3) is 0 Å². The Balaban J connectivity index is 1.38. The van der Waals surface area contributed by atoms with Gasteiger partial charge in [-0.2, -0.15) is 0 Å². The van der Waals surface area contributed by atoms with E-state index < -0.39 is 0 Å². The smallest absolute Gasteiger partial charge is 0.343 e. The molecule has 2 aromatic carbocycles. The molecule has 0 spiro atoms. The van der Waals surface area contributed by atoms with Crippen LogP contribution in [0.4, 0.5) is 0 Å². The summed E-state index contributed by atoms with van der Waals surface area (Å²) in [6.07, 6.45) is 8.81. The molecule has 4 heteroatoms. The van der Waals surface area contributed by atoms with Gasteiger partial charge in [-0.15, -0.1) is 0 Å². The van der Waals surface area contributed by atoms with Crippen LogP contribution in [-0.4, -0.2) is 17.9 Å². The molecular formula is C31H36O4. The predicted octanol–water partition coefficient (Wildman–Crippen LogP) is 6.89. The lowest BCUT2D eigenvalue weighted by Gasteiger charge is -2.51. The van der Waals surface area contributed by atoms with Crippen LogP contribution in [0.5, 0.6) is 5.75 Å². The average Bonchev–Trinajstić information content (AvgIpc) is 3.14. The van der Waals surface area contributed by atoms with Crippen molar-refractivity contribution in [3.8, 4) is 5.75 Å². The number of fused-ring (bicyclic) bond motifs is 5. The van der Waals surface area contributed by atoms with Gasteiger partial charge in [0, 0.05) is 11.8 Å². The second-order valence-corrected chi connectivity index (χ2v) is 11.0. The first-order valence-electron chi connectivity index (χ1n) is 13.1. The normalized spacial score (nSPS) is 31.0. The minimum atomic E-state index is -0.319. The number of ether oxygens (including phenoxy) is 2. The Morgan fingerprint density at radius 3 is 2.69 bits per heavy atom. The molecule has 2 fully saturated rings. The molecule has 0 aromatic heterocycles. The Hall–Kier alpha value is -2.88. The molecule has 0 heterocycles. The Labute approximate surface area is 208 Å². The lowest BCUT2D eigenvalue weighted by Crippen LogP contribution is -2.45. The first-order valence-corrected chi connectivity index (χ1v) is 13.1. The van der Waals surface area contributed by atoms with Crippen molar-refractivity contribution in [3.05, 3.63) is 78.1 Å². The molecule has 2 saturated carbocycles. The highest BCUT2D eigenvalue weighted by Gasteiger charge is 2.59. The van der Waals surface area contributed by atoms with Crippen molar-refractivity contribution in [2.45, 2.75) is 70.8 Å². The van der Waals surface area contributed by atoms with E-state index in [2.05, 4.69) is 25.6 Å². The maximum absolute atomic E-state index is 12.5. The van der Waals surface area contributed by atoms with Crippen LogP contribution >= 0.6 is 0 Å². The second kappa shape index (κ2) is 9.64. The summed E-state index contributed by atoms with van der Waals surface area (Å²) in [4.78, 5) is 24.3. The predicted molar refractivity (Wildman–Crippen MR) is 136 cm³/mol. The van der Waals surface area contributed by atoms with Gasteiger partial charge < -0.3 is 14.3 Å². The van der Waals surface area contributed by atoms with Crippen LogP contribution in [0, 0.1) is 23.2 Å². The van der Waals surface area contributed by atoms with Gasteiger partial charge in [0.25, 0.3) is 0 Å². The lowest BCUT2D eigenvalue weighted by molar-refractivity contribution is -0.117. The van der Waals surface area contributed by atoms with E-state index in [4.69, 9.17) is 9.47 Å². The van der Waals surface area contributed by atoms with E-state index >= 15 is 0 Å². The van der Waals surface area contributed by atoms with Crippen molar-refractivity contribution in [3.63, 3.8) is 0 Å². The Bertz CT molecular complexity index is 1110. The summed E-state index contributed by atoms with van der Waals surface area (Å²) in [5.41, 5.74) is 3.41. The van der Waals surface area contributed by atoms with Gasteiger partial charge >= 0.3 is 5.97 Å². The molecular weight excluding hydrogens is 436 g/mol. The molecule has 2 aromatic rings. The van der Waals surface area contributed by atoms with Gasteiger partial charge in [0.1, 0.15) is 17.6 Å². The zero-order chi connectivity index (χ0) is 24.6. The molecule has 6 atom stereocenters. The number of carbonyl (C=O) groups is 2. The number of Topliss-reactive ketones (excluding diaryl/α,β-unsaturated/α-hetero) is 1. The zero-order valence-electron chi connectivity index (χ0n) is 20.9. The molecule has 3 aliphatic rings. The number of benzene rings is 2. The Morgan fingerprint density at radius 1 is 1.14 bits per heavy atom. The van der Waals surface area contributed by atoms with Gasteiger partial charge in [0.2, 0.25) is 0 Å². The zero-order valence-corrected chi connectivity index (χ0v) is 20.9. The van der Waals surface area contributed by atoms with E-state index in [9.17, 15) is 9.59 Å². The SMILES string of the molecule is C=COC1CC(CCC(C)=O)C2C3CCc4cc(OC(=O)c5ccccc5)ccc4C3CCC12C. The number of ketones is 1. The molecule has 35 heavy (non-hydrogen) atoms. The van der Waals surface area contributed by atoms with Gasteiger partial charge in [0.15, 0.2) is 0 Å². The third-order valence-corrected chi connectivity index (χ3v) is 9.10. The molecule has 0 N–H and O–H groups in total. The lowest BCUT2D eigenvalue weighted by atomic mass is 9.53. The van der Waals surface area contributed by atoms with Crippen molar-refractivity contribution >= 4 is 11.8 Å². The summed E-state index contributed by atoms with van der Waals surface area (Å²) in [5, 5.41) is 0. The van der Waals surface area contributed by atoms with Crippen molar-refractivity contribution < 1.29 is 19.1 Å². The number of carbonyl (C=O) groups excluding carboxylic acids is 2. The van der Waals surface area contributed by atoms with Gasteiger partial charge in [-0.05, 0) is 105 Å². The maximum Gasteiger partial charge on any atom is 0.343 e. The van der Waals surface area contributed by atoms with Gasteiger partial charge in [-0.3, -0.25) is 0 Å². The molecule has 0 saturated heterocycles. The van der Waals surface area contributed by atoms with Crippen LogP contribution in [0.1, 0.15) is 79.8 Å². The third-order valence-electron chi connectivity index (χ3n) is 9.10. The fraction of sp³-hybridized carbons (Fsp3) is 0.484. The molecule has 6 unspecified atom stereocenters. The standard InChI is InChI=1S/C31H36O4/c1-4-34-28-19-23(11-10-20(2)32)29-27-14-12-22-18-24(35-30(33)21-8-6-5-7-9-21)13-15-25(22)26(27)16-17-31(28,29)3/h4-9,13,15,18,23,26-29H,1,10-12,14,16-17,19H2,2-3H3. The summed E-state index contributed by atoms with van der Waals surface area (Å²) in [6, 6.07) is 15.4. The Kier molecular flexibility index (Phi) is 6.57. The molecule has 0 bridgehead atoms. The minimum absolute atomic E-state index is 0.124. The summed E-state index contributed by atoms with van der Waals surface area (Å²) < 4.78 is 11.8. The number of hydrogen-bond donors (Lipinski definition) is 0. The molecule has 184 valence electrons. The first kappa shape index (κ1) is 23.8. The van der Waals surface area contributed by atoms with E-state index in [-0.39, 0.29) is 23.3 Å². The van der Waals surface area contributed by atoms with Crippen LogP contribution < -0.4 is 4.74 Å². The molecule has 3 aliphatic carbocycles. The summed E-state index contributed by atoms with van der Waals surface area (Å²) >= 11 is 0. The van der Waals surface area contributed by atoms with E-state index in [1.54, 1.807) is 25.3 Å². The summed E-state index contributed by atoms with van der Waals surface area (Å²) in [6.45, 7) is 7.96. The highest BCUT2D eigenvalue weighted by atomic mass is 16.5. The molecule has 0 amide bonds.